The van der Waals surface area contributed by atoms with Crippen molar-refractivity contribution in [3.8, 4) is 0 Å². The van der Waals surface area contributed by atoms with Gasteiger partial charge in [-0.25, -0.2) is 0 Å². The molecular formula is C16H26N2O3S. The zero-order valence-electron chi connectivity index (χ0n) is 13.5. The highest BCUT2D eigenvalue weighted by Gasteiger charge is 2.32. The van der Waals surface area contributed by atoms with E-state index in [1.165, 1.54) is 4.31 Å². The van der Waals surface area contributed by atoms with Gasteiger partial charge in [0.25, 0.3) is 10.2 Å². The fourth-order valence-corrected chi connectivity index (χ4v) is 4.57. The Kier molecular flexibility index (Phi) is 5.27. The number of nitrogens with one attached hydrogen (secondary N) is 1. The minimum atomic E-state index is -3.57. The first-order valence-electron chi connectivity index (χ1n) is 7.73. The molecule has 1 saturated heterocycles. The van der Waals surface area contributed by atoms with Crippen LogP contribution < -0.4 is 4.72 Å². The van der Waals surface area contributed by atoms with E-state index in [2.05, 4.69) is 18.6 Å². The molecular weight excluding hydrogens is 300 g/mol. The molecule has 5 nitrogen and oxygen atoms in total. The van der Waals surface area contributed by atoms with Crippen LogP contribution in [0.15, 0.2) is 30.3 Å². The molecule has 0 spiro atoms. The summed E-state index contributed by atoms with van der Waals surface area (Å²) in [7, 11) is -3.57. The van der Waals surface area contributed by atoms with Gasteiger partial charge in [0.15, 0.2) is 0 Å². The summed E-state index contributed by atoms with van der Waals surface area (Å²) >= 11 is 0. The van der Waals surface area contributed by atoms with E-state index in [1.807, 2.05) is 18.2 Å². The van der Waals surface area contributed by atoms with Gasteiger partial charge in [0, 0.05) is 19.6 Å². The molecule has 0 bridgehead atoms. The van der Waals surface area contributed by atoms with E-state index < -0.39 is 15.8 Å². The molecule has 0 radical (unpaired) electrons. The lowest BCUT2D eigenvalue weighted by molar-refractivity contribution is 0.0620. The van der Waals surface area contributed by atoms with Crippen LogP contribution in [0.2, 0.25) is 0 Å². The molecule has 0 aromatic heterocycles. The third-order valence-electron chi connectivity index (χ3n) is 4.17. The second kappa shape index (κ2) is 6.66. The second-order valence-corrected chi connectivity index (χ2v) is 8.48. The standard InChI is InChI=1S/C16H26N2O3S/c1-13-9-14(2)11-18(10-13)22(20,21)17-12-16(3,19)15-7-5-4-6-8-15/h4-8,13-14,17,19H,9-12H2,1-3H3. The summed E-state index contributed by atoms with van der Waals surface area (Å²) in [5.74, 6) is 0.713. The van der Waals surface area contributed by atoms with Gasteiger partial charge in [0.1, 0.15) is 5.60 Å². The predicted octanol–water partition coefficient (Wildman–Crippen LogP) is 1.71. The van der Waals surface area contributed by atoms with Crippen LogP contribution in [0.3, 0.4) is 0 Å². The van der Waals surface area contributed by atoms with Crippen LogP contribution in [0.5, 0.6) is 0 Å². The Hall–Kier alpha value is -0.950. The molecule has 22 heavy (non-hydrogen) atoms. The van der Waals surface area contributed by atoms with Gasteiger partial charge in [0.05, 0.1) is 0 Å². The molecule has 1 aromatic carbocycles. The summed E-state index contributed by atoms with van der Waals surface area (Å²) in [4.78, 5) is 0. The van der Waals surface area contributed by atoms with Crippen LogP contribution in [0, 0.1) is 11.8 Å². The van der Waals surface area contributed by atoms with Gasteiger partial charge in [-0.1, -0.05) is 44.2 Å². The van der Waals surface area contributed by atoms with Crippen molar-refractivity contribution in [3.05, 3.63) is 35.9 Å². The van der Waals surface area contributed by atoms with Crippen LogP contribution in [-0.2, 0) is 15.8 Å². The molecule has 1 heterocycles. The number of hydrogen-bond donors (Lipinski definition) is 2. The Morgan fingerprint density at radius 2 is 1.77 bits per heavy atom. The lowest BCUT2D eigenvalue weighted by Gasteiger charge is -2.35. The third-order valence-corrected chi connectivity index (χ3v) is 5.66. The highest BCUT2D eigenvalue weighted by molar-refractivity contribution is 7.87. The highest BCUT2D eigenvalue weighted by atomic mass is 32.2. The maximum Gasteiger partial charge on any atom is 0.279 e. The number of rotatable bonds is 5. The van der Waals surface area contributed by atoms with E-state index in [1.54, 1.807) is 19.1 Å². The molecule has 2 N–H and O–H groups in total. The second-order valence-electron chi connectivity index (χ2n) is 6.73. The highest BCUT2D eigenvalue weighted by Crippen LogP contribution is 2.24. The van der Waals surface area contributed by atoms with Gasteiger partial charge < -0.3 is 5.11 Å². The van der Waals surface area contributed by atoms with Crippen molar-refractivity contribution in [2.24, 2.45) is 11.8 Å². The molecule has 1 fully saturated rings. The maximum absolute atomic E-state index is 12.5. The van der Waals surface area contributed by atoms with Crippen molar-refractivity contribution in [2.75, 3.05) is 19.6 Å². The smallest absolute Gasteiger partial charge is 0.279 e. The van der Waals surface area contributed by atoms with Crippen LogP contribution in [0.4, 0.5) is 0 Å². The number of nitrogens with zero attached hydrogens (tertiary/aromatic N) is 1. The predicted molar refractivity (Wildman–Crippen MR) is 87.5 cm³/mol. The number of piperidine rings is 1. The zero-order valence-corrected chi connectivity index (χ0v) is 14.3. The van der Waals surface area contributed by atoms with Crippen molar-refractivity contribution >= 4 is 10.2 Å². The Bertz CT molecular complexity index is 577. The largest absolute Gasteiger partial charge is 0.384 e. The molecule has 2 rings (SSSR count). The zero-order chi connectivity index (χ0) is 16.4. The molecule has 3 unspecified atom stereocenters. The first kappa shape index (κ1) is 17.4. The van der Waals surface area contributed by atoms with Crippen LogP contribution >= 0.6 is 0 Å². The van der Waals surface area contributed by atoms with E-state index in [0.717, 1.165) is 6.42 Å². The lowest BCUT2D eigenvalue weighted by Crippen LogP contribution is -2.50. The van der Waals surface area contributed by atoms with Gasteiger partial charge in [-0.05, 0) is 30.7 Å². The Balaban J connectivity index is 2.03. The van der Waals surface area contributed by atoms with Gasteiger partial charge in [-0.3, -0.25) is 0 Å². The van der Waals surface area contributed by atoms with E-state index in [4.69, 9.17) is 0 Å². The summed E-state index contributed by atoms with van der Waals surface area (Å²) < 4.78 is 29.0. The average molecular weight is 326 g/mol. The molecule has 3 atom stereocenters. The van der Waals surface area contributed by atoms with Gasteiger partial charge in [-0.2, -0.15) is 17.4 Å². The maximum atomic E-state index is 12.5. The fraction of sp³-hybridized carbons (Fsp3) is 0.625. The summed E-state index contributed by atoms with van der Waals surface area (Å²) in [6.07, 6.45) is 1.05. The molecule has 0 amide bonds. The van der Waals surface area contributed by atoms with Crippen molar-refractivity contribution in [3.63, 3.8) is 0 Å². The molecule has 1 aromatic rings. The topological polar surface area (TPSA) is 69.6 Å². The SMILES string of the molecule is CC1CC(C)CN(S(=O)(=O)NCC(C)(O)c2ccccc2)C1. The van der Waals surface area contributed by atoms with Gasteiger partial charge in [-0.15, -0.1) is 0 Å². The van der Waals surface area contributed by atoms with E-state index >= 15 is 0 Å². The summed E-state index contributed by atoms with van der Waals surface area (Å²) in [5, 5.41) is 10.5. The van der Waals surface area contributed by atoms with Crippen LogP contribution in [-0.4, -0.2) is 37.5 Å². The van der Waals surface area contributed by atoms with Crippen molar-refractivity contribution in [1.82, 2.24) is 9.03 Å². The quantitative estimate of drug-likeness (QED) is 0.865. The molecule has 1 aliphatic heterocycles. The molecule has 6 heteroatoms. The van der Waals surface area contributed by atoms with Crippen molar-refractivity contribution in [2.45, 2.75) is 32.8 Å². The average Bonchev–Trinajstić information content (AvgIpc) is 2.45. The molecule has 124 valence electrons. The summed E-state index contributed by atoms with van der Waals surface area (Å²) in [6.45, 7) is 6.78. The molecule has 0 aliphatic carbocycles. The fourth-order valence-electron chi connectivity index (χ4n) is 3.02. The summed E-state index contributed by atoms with van der Waals surface area (Å²) in [5.41, 5.74) is -0.542. The Morgan fingerprint density at radius 1 is 1.23 bits per heavy atom. The molecule has 1 aliphatic rings. The Labute approximate surface area is 133 Å². The van der Waals surface area contributed by atoms with E-state index in [-0.39, 0.29) is 6.54 Å². The van der Waals surface area contributed by atoms with Crippen LogP contribution in [0.25, 0.3) is 0 Å². The monoisotopic (exact) mass is 326 g/mol. The summed E-state index contributed by atoms with van der Waals surface area (Å²) in [6, 6.07) is 9.09. The number of hydrogen-bond acceptors (Lipinski definition) is 3. The van der Waals surface area contributed by atoms with Crippen molar-refractivity contribution in [1.29, 1.82) is 0 Å². The van der Waals surface area contributed by atoms with Crippen molar-refractivity contribution < 1.29 is 13.5 Å². The van der Waals surface area contributed by atoms with E-state index in [9.17, 15) is 13.5 Å². The first-order valence-corrected chi connectivity index (χ1v) is 9.17. The van der Waals surface area contributed by atoms with Gasteiger partial charge >= 0.3 is 0 Å². The number of aliphatic hydroxyl groups is 1. The van der Waals surface area contributed by atoms with Crippen LogP contribution in [0.1, 0.15) is 32.8 Å². The third kappa shape index (κ3) is 4.29. The minimum Gasteiger partial charge on any atom is -0.384 e. The van der Waals surface area contributed by atoms with Gasteiger partial charge in [0.2, 0.25) is 0 Å². The normalized spacial score (nSPS) is 26.5. The first-order chi connectivity index (χ1) is 10.2. The molecule has 0 saturated carbocycles. The van der Waals surface area contributed by atoms with E-state index in [0.29, 0.717) is 30.5 Å². The number of benzene rings is 1. The Morgan fingerprint density at radius 3 is 2.32 bits per heavy atom. The minimum absolute atomic E-state index is 0.0430. The lowest BCUT2D eigenvalue weighted by atomic mass is 9.94.